The van der Waals surface area contributed by atoms with Gasteiger partial charge >= 0.3 is 5.97 Å². The molecule has 0 saturated carbocycles. The SMILES string of the molecule is CCN(C)C(=O)CN1CC(C)C(C(=O)O)C1. The first-order chi connectivity index (χ1) is 7.45. The Morgan fingerprint density at radius 2 is 2.06 bits per heavy atom. The Balaban J connectivity index is 2.47. The molecule has 0 aromatic carbocycles. The zero-order chi connectivity index (χ0) is 12.3. The van der Waals surface area contributed by atoms with E-state index in [1.54, 1.807) is 11.9 Å². The van der Waals surface area contributed by atoms with E-state index in [4.69, 9.17) is 5.11 Å². The average Bonchev–Trinajstić information content (AvgIpc) is 2.58. The number of hydrogen-bond acceptors (Lipinski definition) is 3. The van der Waals surface area contributed by atoms with Crippen LogP contribution in [0.1, 0.15) is 13.8 Å². The topological polar surface area (TPSA) is 60.9 Å². The van der Waals surface area contributed by atoms with E-state index in [-0.39, 0.29) is 17.7 Å². The Kier molecular flexibility index (Phi) is 4.29. The van der Waals surface area contributed by atoms with Crippen LogP contribution in [-0.4, -0.2) is 60.0 Å². The molecule has 1 fully saturated rings. The first-order valence-corrected chi connectivity index (χ1v) is 5.64. The van der Waals surface area contributed by atoms with Gasteiger partial charge in [-0.3, -0.25) is 14.5 Å². The molecule has 0 bridgehead atoms. The van der Waals surface area contributed by atoms with Gasteiger partial charge in [-0.25, -0.2) is 0 Å². The lowest BCUT2D eigenvalue weighted by Crippen LogP contribution is -2.37. The van der Waals surface area contributed by atoms with Crippen molar-refractivity contribution in [2.75, 3.05) is 33.2 Å². The highest BCUT2D eigenvalue weighted by Gasteiger charge is 2.35. The van der Waals surface area contributed by atoms with Crippen LogP contribution in [0.4, 0.5) is 0 Å². The highest BCUT2D eigenvalue weighted by molar-refractivity contribution is 5.78. The third kappa shape index (κ3) is 2.95. The van der Waals surface area contributed by atoms with Crippen molar-refractivity contribution < 1.29 is 14.7 Å². The fraction of sp³-hybridized carbons (Fsp3) is 0.818. The molecule has 1 N–H and O–H groups in total. The number of rotatable bonds is 4. The van der Waals surface area contributed by atoms with Crippen molar-refractivity contribution in [3.63, 3.8) is 0 Å². The summed E-state index contributed by atoms with van der Waals surface area (Å²) < 4.78 is 0. The molecule has 1 rings (SSSR count). The summed E-state index contributed by atoms with van der Waals surface area (Å²) in [5.41, 5.74) is 0. The smallest absolute Gasteiger partial charge is 0.308 e. The molecule has 16 heavy (non-hydrogen) atoms. The van der Waals surface area contributed by atoms with Crippen LogP contribution in [0.3, 0.4) is 0 Å². The second kappa shape index (κ2) is 5.30. The lowest BCUT2D eigenvalue weighted by atomic mass is 9.99. The van der Waals surface area contributed by atoms with Crippen molar-refractivity contribution in [1.82, 2.24) is 9.80 Å². The van der Waals surface area contributed by atoms with Gasteiger partial charge in [0.1, 0.15) is 0 Å². The standard InChI is InChI=1S/C11H20N2O3/c1-4-12(3)10(14)7-13-5-8(2)9(6-13)11(15)16/h8-9H,4-7H2,1-3H3,(H,15,16). The Bertz CT molecular complexity index is 280. The molecule has 0 aromatic heterocycles. The number of carbonyl (C=O) groups is 2. The number of likely N-dealkylation sites (N-methyl/N-ethyl adjacent to an activating group) is 1. The molecule has 5 heteroatoms. The predicted octanol–water partition coefficient (Wildman–Crippen LogP) is 0.117. The van der Waals surface area contributed by atoms with Gasteiger partial charge in [0.25, 0.3) is 0 Å². The third-order valence-corrected chi connectivity index (χ3v) is 3.26. The second-order valence-corrected chi connectivity index (χ2v) is 4.52. The summed E-state index contributed by atoms with van der Waals surface area (Å²) in [5, 5.41) is 8.97. The van der Waals surface area contributed by atoms with Gasteiger partial charge in [-0.05, 0) is 12.8 Å². The zero-order valence-corrected chi connectivity index (χ0v) is 10.1. The fourth-order valence-electron chi connectivity index (χ4n) is 2.01. The Hall–Kier alpha value is -1.10. The van der Waals surface area contributed by atoms with Crippen LogP contribution < -0.4 is 0 Å². The molecular weight excluding hydrogens is 208 g/mol. The quantitative estimate of drug-likeness (QED) is 0.742. The molecule has 1 aliphatic heterocycles. The highest BCUT2D eigenvalue weighted by atomic mass is 16.4. The second-order valence-electron chi connectivity index (χ2n) is 4.52. The van der Waals surface area contributed by atoms with Gasteiger partial charge in [0.15, 0.2) is 0 Å². The van der Waals surface area contributed by atoms with Gasteiger partial charge in [0, 0.05) is 26.7 Å². The van der Waals surface area contributed by atoms with Crippen LogP contribution in [0.25, 0.3) is 0 Å². The van der Waals surface area contributed by atoms with E-state index in [0.717, 1.165) is 0 Å². The summed E-state index contributed by atoms with van der Waals surface area (Å²) in [6.45, 7) is 6.04. The Morgan fingerprint density at radius 3 is 2.50 bits per heavy atom. The summed E-state index contributed by atoms with van der Waals surface area (Å²) in [5.74, 6) is -0.913. The number of hydrogen-bond donors (Lipinski definition) is 1. The number of likely N-dealkylation sites (tertiary alicyclic amines) is 1. The number of nitrogens with zero attached hydrogens (tertiary/aromatic N) is 2. The first-order valence-electron chi connectivity index (χ1n) is 5.64. The van der Waals surface area contributed by atoms with Crippen LogP contribution in [0.15, 0.2) is 0 Å². The molecule has 5 nitrogen and oxygen atoms in total. The number of amides is 1. The molecule has 1 amide bonds. The van der Waals surface area contributed by atoms with Crippen LogP contribution in [0.5, 0.6) is 0 Å². The summed E-state index contributed by atoms with van der Waals surface area (Å²) in [6, 6.07) is 0. The highest BCUT2D eigenvalue weighted by Crippen LogP contribution is 2.22. The van der Waals surface area contributed by atoms with Crippen molar-refractivity contribution in [1.29, 1.82) is 0 Å². The van der Waals surface area contributed by atoms with E-state index in [1.165, 1.54) is 0 Å². The number of carboxylic acid groups (broad SMARTS) is 1. The molecule has 1 saturated heterocycles. The minimum Gasteiger partial charge on any atom is -0.481 e. The molecule has 1 aliphatic rings. The molecular formula is C11H20N2O3. The van der Waals surface area contributed by atoms with Gasteiger partial charge < -0.3 is 10.0 Å². The number of carbonyl (C=O) groups excluding carboxylic acids is 1. The normalized spacial score (nSPS) is 25.7. The van der Waals surface area contributed by atoms with Crippen molar-refractivity contribution in [3.05, 3.63) is 0 Å². The van der Waals surface area contributed by atoms with Crippen molar-refractivity contribution in [2.24, 2.45) is 11.8 Å². The van der Waals surface area contributed by atoms with Gasteiger partial charge in [-0.1, -0.05) is 6.92 Å². The molecule has 2 atom stereocenters. The molecule has 0 radical (unpaired) electrons. The van der Waals surface area contributed by atoms with Gasteiger partial charge in [0.05, 0.1) is 12.5 Å². The van der Waals surface area contributed by atoms with Crippen LogP contribution in [-0.2, 0) is 9.59 Å². The molecule has 0 aromatic rings. The minimum atomic E-state index is -0.758. The molecule has 1 heterocycles. The van der Waals surface area contributed by atoms with Crippen molar-refractivity contribution >= 4 is 11.9 Å². The van der Waals surface area contributed by atoms with Gasteiger partial charge in [0.2, 0.25) is 5.91 Å². The largest absolute Gasteiger partial charge is 0.481 e. The lowest BCUT2D eigenvalue weighted by Gasteiger charge is -2.19. The zero-order valence-electron chi connectivity index (χ0n) is 10.1. The molecule has 0 spiro atoms. The average molecular weight is 228 g/mol. The van der Waals surface area contributed by atoms with E-state index in [9.17, 15) is 9.59 Å². The number of carboxylic acids is 1. The summed E-state index contributed by atoms with van der Waals surface area (Å²) in [7, 11) is 1.76. The van der Waals surface area contributed by atoms with Gasteiger partial charge in [-0.15, -0.1) is 0 Å². The van der Waals surface area contributed by atoms with Gasteiger partial charge in [-0.2, -0.15) is 0 Å². The summed E-state index contributed by atoms with van der Waals surface area (Å²) >= 11 is 0. The van der Waals surface area contributed by atoms with E-state index in [2.05, 4.69) is 0 Å². The number of aliphatic carboxylic acids is 1. The Labute approximate surface area is 96.0 Å². The maximum Gasteiger partial charge on any atom is 0.308 e. The Morgan fingerprint density at radius 1 is 1.44 bits per heavy atom. The van der Waals surface area contributed by atoms with Crippen LogP contribution in [0.2, 0.25) is 0 Å². The van der Waals surface area contributed by atoms with E-state index < -0.39 is 5.97 Å². The minimum absolute atomic E-state index is 0.0562. The fourth-order valence-corrected chi connectivity index (χ4v) is 2.01. The summed E-state index contributed by atoms with van der Waals surface area (Å²) in [4.78, 5) is 26.1. The van der Waals surface area contributed by atoms with E-state index in [0.29, 0.717) is 26.2 Å². The lowest BCUT2D eigenvalue weighted by molar-refractivity contribution is -0.142. The molecule has 0 aliphatic carbocycles. The van der Waals surface area contributed by atoms with Crippen molar-refractivity contribution in [3.8, 4) is 0 Å². The maximum atomic E-state index is 11.7. The predicted molar refractivity (Wildman–Crippen MR) is 60.0 cm³/mol. The van der Waals surface area contributed by atoms with Crippen LogP contribution >= 0.6 is 0 Å². The van der Waals surface area contributed by atoms with Crippen LogP contribution in [0, 0.1) is 11.8 Å². The monoisotopic (exact) mass is 228 g/mol. The van der Waals surface area contributed by atoms with E-state index >= 15 is 0 Å². The molecule has 2 unspecified atom stereocenters. The molecule has 92 valence electrons. The summed E-state index contributed by atoms with van der Waals surface area (Å²) in [6.07, 6.45) is 0. The van der Waals surface area contributed by atoms with E-state index in [1.807, 2.05) is 18.7 Å². The first kappa shape index (κ1) is 13.0. The van der Waals surface area contributed by atoms with Crippen molar-refractivity contribution in [2.45, 2.75) is 13.8 Å². The third-order valence-electron chi connectivity index (χ3n) is 3.26. The maximum absolute atomic E-state index is 11.7.